The van der Waals surface area contributed by atoms with E-state index in [9.17, 15) is 28.6 Å². The largest absolute Gasteiger partial charge is 0.478 e. The van der Waals surface area contributed by atoms with Crippen LogP contribution < -0.4 is 9.64 Å². The fraction of sp³-hybridized carbons (Fsp3) is 0.385. The molecule has 2 fully saturated rings. The maximum absolute atomic E-state index is 14.6. The van der Waals surface area contributed by atoms with Crippen LogP contribution in [0.4, 0.5) is 14.5 Å². The van der Waals surface area contributed by atoms with Gasteiger partial charge in [0.1, 0.15) is 12.7 Å². The topological polar surface area (TPSA) is 136 Å². The number of aromatic carboxylic acids is 2. The number of piperidine rings is 1. The van der Waals surface area contributed by atoms with Crippen LogP contribution >= 0.6 is 0 Å². The molecular weight excluding hydrogens is 674 g/mol. The minimum atomic E-state index is -2.98. The van der Waals surface area contributed by atoms with E-state index in [-0.39, 0.29) is 48.9 Å². The number of aryl methyl sites for hydroxylation is 1. The van der Waals surface area contributed by atoms with Crippen molar-refractivity contribution in [2.24, 2.45) is 7.05 Å². The molecule has 2 aromatic carbocycles. The Labute approximate surface area is 298 Å². The van der Waals surface area contributed by atoms with Crippen molar-refractivity contribution >= 4 is 39.4 Å². The molecule has 5 aromatic rings. The molecule has 1 aliphatic carbocycles. The van der Waals surface area contributed by atoms with E-state index in [0.29, 0.717) is 50.3 Å². The summed E-state index contributed by atoms with van der Waals surface area (Å²) in [6, 6.07) is 16.4. The molecule has 0 bridgehead atoms. The Morgan fingerprint density at radius 2 is 1.62 bits per heavy atom. The molecule has 3 aromatic heterocycles. The van der Waals surface area contributed by atoms with Crippen molar-refractivity contribution in [3.05, 3.63) is 84.3 Å². The average molecular weight is 715 g/mol. The molecule has 52 heavy (non-hydrogen) atoms. The van der Waals surface area contributed by atoms with E-state index in [2.05, 4.69) is 39.8 Å². The normalized spacial score (nSPS) is 18.1. The molecule has 1 saturated carbocycles. The Morgan fingerprint density at radius 1 is 0.846 bits per heavy atom. The molecule has 11 nitrogen and oxygen atoms in total. The smallest absolute Gasteiger partial charge is 0.336 e. The molecule has 0 amide bonds. The van der Waals surface area contributed by atoms with Crippen molar-refractivity contribution < 1.29 is 42.8 Å². The zero-order valence-corrected chi connectivity index (χ0v) is 28.7. The van der Waals surface area contributed by atoms with Gasteiger partial charge in [0, 0.05) is 98.2 Å². The van der Waals surface area contributed by atoms with E-state index < -0.39 is 24.5 Å². The Morgan fingerprint density at radius 3 is 2.35 bits per heavy atom. The van der Waals surface area contributed by atoms with E-state index >= 15 is 0 Å². The Balaban J connectivity index is 0.789. The number of aromatic nitrogens is 3. The Bertz CT molecular complexity index is 2070. The highest BCUT2D eigenvalue weighted by atomic mass is 19.3. The van der Waals surface area contributed by atoms with Crippen molar-refractivity contribution in [3.8, 4) is 17.0 Å². The highest BCUT2D eigenvalue weighted by Gasteiger charge is 2.34. The van der Waals surface area contributed by atoms with Crippen LogP contribution in [0.5, 0.6) is 5.88 Å². The number of pyridine rings is 2. The van der Waals surface area contributed by atoms with E-state index in [4.69, 9.17) is 14.2 Å². The van der Waals surface area contributed by atoms with Gasteiger partial charge in [0.05, 0.1) is 28.9 Å². The third kappa shape index (κ3) is 7.70. The number of carboxylic acid groups (broad SMARTS) is 2. The lowest BCUT2D eigenvalue weighted by atomic mass is 9.92. The number of ether oxygens (including phenoxy) is 3. The number of nitrogens with zero attached hydrogens (tertiary/aromatic N) is 4. The van der Waals surface area contributed by atoms with Gasteiger partial charge in [-0.1, -0.05) is 12.1 Å². The molecule has 1 saturated heterocycles. The van der Waals surface area contributed by atoms with Crippen LogP contribution in [0.25, 0.3) is 32.9 Å². The van der Waals surface area contributed by atoms with Gasteiger partial charge in [0.25, 0.3) is 5.92 Å². The molecule has 1 aliphatic heterocycles. The monoisotopic (exact) mass is 714 g/mol. The van der Waals surface area contributed by atoms with Crippen molar-refractivity contribution in [1.82, 2.24) is 14.5 Å². The molecule has 0 radical (unpaired) electrons. The minimum absolute atomic E-state index is 0.0334. The molecule has 7 rings (SSSR count). The fourth-order valence-corrected chi connectivity index (χ4v) is 7.04. The number of alkyl halides is 2. The number of anilines is 1. The van der Waals surface area contributed by atoms with Crippen LogP contribution in [0.3, 0.4) is 0 Å². The highest BCUT2D eigenvalue weighted by molar-refractivity contribution is 6.08. The Kier molecular flexibility index (Phi) is 10.1. The van der Waals surface area contributed by atoms with Crippen molar-refractivity contribution in [3.63, 3.8) is 0 Å². The second-order valence-corrected chi connectivity index (χ2v) is 13.6. The Hall–Kier alpha value is -5.14. The van der Waals surface area contributed by atoms with E-state index in [1.54, 1.807) is 12.3 Å². The summed E-state index contributed by atoms with van der Waals surface area (Å²) in [6.45, 7) is 0.513. The van der Waals surface area contributed by atoms with Crippen LogP contribution in [0.1, 0.15) is 59.2 Å². The molecule has 272 valence electrons. The lowest BCUT2D eigenvalue weighted by molar-refractivity contribution is -0.114. The van der Waals surface area contributed by atoms with Gasteiger partial charge in [-0.05, 0) is 61.2 Å². The molecule has 4 heterocycles. The van der Waals surface area contributed by atoms with Gasteiger partial charge in [-0.25, -0.2) is 23.4 Å². The summed E-state index contributed by atoms with van der Waals surface area (Å²) < 4.78 is 48.8. The molecule has 0 atom stereocenters. The summed E-state index contributed by atoms with van der Waals surface area (Å²) in [4.78, 5) is 33.5. The fourth-order valence-electron chi connectivity index (χ4n) is 7.04. The summed E-state index contributed by atoms with van der Waals surface area (Å²) in [5.74, 6) is -5.08. The second kappa shape index (κ2) is 14.8. The third-order valence-corrected chi connectivity index (χ3v) is 10.1. The maximum atomic E-state index is 14.6. The lowest BCUT2D eigenvalue weighted by Crippen LogP contribution is -2.40. The molecular formula is C39H40F2N4O7. The summed E-state index contributed by atoms with van der Waals surface area (Å²) in [5, 5.41) is 20.9. The second-order valence-electron chi connectivity index (χ2n) is 13.6. The SMILES string of the molecule is Cn1c2ccncc2c2ccc(-c3ccc(OC4CC(OCCCC(F)(F)COC5CCN(c6ccc(C(=O)O)c(C(=O)O)c6)CC5)C4)nc3)cc21. The summed E-state index contributed by atoms with van der Waals surface area (Å²) in [6.07, 6.45) is 7.30. The molecule has 2 N–H and O–H groups in total. The summed E-state index contributed by atoms with van der Waals surface area (Å²) in [7, 11) is 2.05. The van der Waals surface area contributed by atoms with Crippen LogP contribution in [0.15, 0.2) is 73.2 Å². The van der Waals surface area contributed by atoms with Crippen LogP contribution in [-0.4, -0.2) is 87.2 Å². The molecule has 2 aliphatic rings. The molecule has 0 unspecified atom stereocenters. The number of carboxylic acids is 2. The van der Waals surface area contributed by atoms with Gasteiger partial charge in [-0.15, -0.1) is 0 Å². The lowest BCUT2D eigenvalue weighted by Gasteiger charge is -2.35. The molecule has 0 spiro atoms. The number of carbonyl (C=O) groups is 2. The van der Waals surface area contributed by atoms with Crippen molar-refractivity contribution in [2.45, 2.75) is 62.8 Å². The van der Waals surface area contributed by atoms with Gasteiger partial charge in [-0.3, -0.25) is 4.98 Å². The number of rotatable bonds is 14. The third-order valence-electron chi connectivity index (χ3n) is 10.1. The zero-order chi connectivity index (χ0) is 36.4. The van der Waals surface area contributed by atoms with Gasteiger partial charge in [0.15, 0.2) is 0 Å². The standard InChI is InChI=1S/C39H40F2N4O7/c1-44-34-9-13-42-22-33(34)30-6-3-24(17-35(30)44)25-4-8-36(43-21-25)52-29-19-28(20-29)50-16-2-12-39(40,41)23-51-27-10-14-45(15-11-27)26-5-7-31(37(46)47)32(18-26)38(48)49/h3-9,13,17-18,21-22,27-29H,2,10-12,14-16,19-20,23H2,1H3,(H,46,47)(H,48,49). The summed E-state index contributed by atoms with van der Waals surface area (Å²) >= 11 is 0. The number of fused-ring (bicyclic) bond motifs is 3. The maximum Gasteiger partial charge on any atom is 0.336 e. The number of hydrogen-bond acceptors (Lipinski definition) is 8. The zero-order valence-electron chi connectivity index (χ0n) is 28.7. The molecule has 13 heteroatoms. The van der Waals surface area contributed by atoms with E-state index in [1.165, 1.54) is 12.1 Å². The van der Waals surface area contributed by atoms with Gasteiger partial charge >= 0.3 is 11.9 Å². The first-order valence-electron chi connectivity index (χ1n) is 17.5. The van der Waals surface area contributed by atoms with Gasteiger partial charge in [-0.2, -0.15) is 0 Å². The van der Waals surface area contributed by atoms with Gasteiger partial charge in [0.2, 0.25) is 5.88 Å². The van der Waals surface area contributed by atoms with Crippen molar-refractivity contribution in [2.75, 3.05) is 31.2 Å². The first-order valence-corrected chi connectivity index (χ1v) is 17.5. The predicted octanol–water partition coefficient (Wildman–Crippen LogP) is 7.21. The number of benzene rings is 2. The van der Waals surface area contributed by atoms with Crippen molar-refractivity contribution in [1.29, 1.82) is 0 Å². The number of halogens is 2. The van der Waals surface area contributed by atoms with E-state index in [1.807, 2.05) is 35.5 Å². The van der Waals surface area contributed by atoms with Crippen LogP contribution in [-0.2, 0) is 16.5 Å². The summed E-state index contributed by atoms with van der Waals surface area (Å²) in [5.41, 5.74) is 4.30. The minimum Gasteiger partial charge on any atom is -0.478 e. The first-order chi connectivity index (χ1) is 25.0. The average Bonchev–Trinajstić information content (AvgIpc) is 3.42. The highest BCUT2D eigenvalue weighted by Crippen LogP contribution is 2.33. The van der Waals surface area contributed by atoms with E-state index in [0.717, 1.165) is 32.9 Å². The van der Waals surface area contributed by atoms with Gasteiger partial charge < -0.3 is 33.9 Å². The number of hydrogen-bond donors (Lipinski definition) is 2. The first kappa shape index (κ1) is 35.3. The predicted molar refractivity (Wildman–Crippen MR) is 191 cm³/mol. The quantitative estimate of drug-likeness (QED) is 0.114. The van der Waals surface area contributed by atoms with Crippen LogP contribution in [0.2, 0.25) is 0 Å². The van der Waals surface area contributed by atoms with Crippen LogP contribution in [0, 0.1) is 0 Å².